The number of hydrogen-bond donors (Lipinski definition) is 2. The second-order valence-corrected chi connectivity index (χ2v) is 12.7. The second-order valence-electron chi connectivity index (χ2n) is 10.5. The Bertz CT molecular complexity index is 1670. The third-order valence-corrected chi connectivity index (χ3v) is 8.33. The summed E-state index contributed by atoms with van der Waals surface area (Å²) < 4.78 is 48.9. The van der Waals surface area contributed by atoms with Gasteiger partial charge in [-0.3, -0.25) is 9.69 Å². The second kappa shape index (κ2) is 11.7. The lowest BCUT2D eigenvalue weighted by Gasteiger charge is -2.31. The molecule has 42 heavy (non-hydrogen) atoms. The Morgan fingerprint density at radius 3 is 2.26 bits per heavy atom. The Morgan fingerprint density at radius 2 is 1.69 bits per heavy atom. The van der Waals surface area contributed by atoms with Gasteiger partial charge in [-0.2, -0.15) is 5.10 Å². The summed E-state index contributed by atoms with van der Waals surface area (Å²) in [5, 5.41) is 13.7. The van der Waals surface area contributed by atoms with E-state index in [1.807, 2.05) is 0 Å². The van der Waals surface area contributed by atoms with Crippen molar-refractivity contribution in [2.24, 2.45) is 5.73 Å². The van der Waals surface area contributed by atoms with Crippen molar-refractivity contribution in [1.82, 2.24) is 14.8 Å². The van der Waals surface area contributed by atoms with Crippen LogP contribution in [-0.2, 0) is 30.7 Å². The molecule has 13 heteroatoms. The van der Waals surface area contributed by atoms with E-state index < -0.39 is 44.7 Å². The maximum Gasteiger partial charge on any atom is 0.416 e. The van der Waals surface area contributed by atoms with Gasteiger partial charge < -0.3 is 15.6 Å². The molecule has 0 aliphatic rings. The minimum atomic E-state index is -4.46. The first kappa shape index (κ1) is 30.3. The number of aliphatic carboxylic acids is 1. The first-order valence-electron chi connectivity index (χ1n) is 12.8. The molecule has 2 aromatic carbocycles. The number of carboxylic acids is 1. The number of halogens is 1. The zero-order valence-corrected chi connectivity index (χ0v) is 24.0. The number of hydrogen-bond acceptors (Lipinski definition) is 8. The fourth-order valence-electron chi connectivity index (χ4n) is 4.14. The average molecular weight is 596 g/mol. The molecule has 0 fully saturated rings. The Hall–Kier alpha value is -4.62. The molecular formula is C29H30FN5O6S. The molecule has 0 saturated carbocycles. The summed E-state index contributed by atoms with van der Waals surface area (Å²) in [5.41, 5.74) is 6.91. The minimum Gasteiger partial charge on any atom is -0.480 e. The number of benzene rings is 2. The molecule has 0 radical (unpaired) electrons. The highest BCUT2D eigenvalue weighted by molar-refractivity contribution is 7.92. The summed E-state index contributed by atoms with van der Waals surface area (Å²) in [6.45, 7) is 4.05. The van der Waals surface area contributed by atoms with Crippen molar-refractivity contribution in [1.29, 1.82) is 0 Å². The molecule has 11 nitrogen and oxygen atoms in total. The highest BCUT2D eigenvalue weighted by atomic mass is 32.2. The van der Waals surface area contributed by atoms with Gasteiger partial charge in [0, 0.05) is 18.8 Å². The summed E-state index contributed by atoms with van der Waals surface area (Å²) in [7, 11) is -4.46. The number of nitrogens with zero attached hydrogens (tertiary/aromatic N) is 4. The molecule has 3 N–H and O–H groups in total. The molecular weight excluding hydrogens is 565 g/mol. The van der Waals surface area contributed by atoms with Crippen LogP contribution in [0.15, 0.2) is 90.1 Å². The number of carbonyl (C=O) groups is 2. The van der Waals surface area contributed by atoms with Gasteiger partial charge in [0.05, 0.1) is 16.3 Å². The van der Waals surface area contributed by atoms with E-state index in [2.05, 4.69) is 10.1 Å². The largest absolute Gasteiger partial charge is 0.480 e. The molecule has 2 aromatic heterocycles. The SMILES string of the molecule is CC(C)(C)OC(=O)N(CC(=O)O)c1cccc(C(N)(Cc2ccc(-n3cccn3)cc2)S(=O)(=O)c2ccc(F)cc2)n1. The fourth-order valence-corrected chi connectivity index (χ4v) is 5.80. The Kier molecular flexibility index (Phi) is 8.45. The number of rotatable bonds is 9. The number of anilines is 1. The van der Waals surface area contributed by atoms with Gasteiger partial charge >= 0.3 is 12.1 Å². The Labute approximate surface area is 242 Å². The molecule has 220 valence electrons. The van der Waals surface area contributed by atoms with Crippen LogP contribution >= 0.6 is 0 Å². The number of carboxylic acid groups (broad SMARTS) is 1. The van der Waals surface area contributed by atoms with Crippen LogP contribution in [0.4, 0.5) is 15.0 Å². The first-order chi connectivity index (χ1) is 19.7. The number of nitrogens with two attached hydrogens (primary N) is 1. The topological polar surface area (TPSA) is 158 Å². The lowest BCUT2D eigenvalue weighted by molar-refractivity contribution is -0.135. The molecule has 0 aliphatic heterocycles. The van der Waals surface area contributed by atoms with Crippen molar-refractivity contribution in [2.75, 3.05) is 11.4 Å². The van der Waals surface area contributed by atoms with E-state index in [1.54, 1.807) is 68.2 Å². The third kappa shape index (κ3) is 6.64. The highest BCUT2D eigenvalue weighted by Gasteiger charge is 2.45. The number of sulfone groups is 1. The predicted octanol–water partition coefficient (Wildman–Crippen LogP) is 4.06. The van der Waals surface area contributed by atoms with Gasteiger partial charge in [0.1, 0.15) is 23.8 Å². The normalized spacial score (nSPS) is 13.3. The van der Waals surface area contributed by atoms with Gasteiger partial charge in [0.15, 0.2) is 4.87 Å². The molecule has 1 unspecified atom stereocenters. The number of aromatic nitrogens is 3. The van der Waals surface area contributed by atoms with Crippen molar-refractivity contribution in [2.45, 2.75) is 42.6 Å². The fraction of sp³-hybridized carbons (Fsp3) is 0.241. The molecule has 4 rings (SSSR count). The molecule has 1 atom stereocenters. The van der Waals surface area contributed by atoms with E-state index in [4.69, 9.17) is 10.5 Å². The summed E-state index contributed by atoms with van der Waals surface area (Å²) >= 11 is 0. The van der Waals surface area contributed by atoms with E-state index in [9.17, 15) is 27.5 Å². The van der Waals surface area contributed by atoms with Crippen LogP contribution in [0.5, 0.6) is 0 Å². The lowest BCUT2D eigenvalue weighted by Crippen LogP contribution is -2.48. The van der Waals surface area contributed by atoms with Crippen molar-refractivity contribution in [3.8, 4) is 5.69 Å². The van der Waals surface area contributed by atoms with Gasteiger partial charge in [0.2, 0.25) is 9.84 Å². The number of ether oxygens (including phenoxy) is 1. The van der Waals surface area contributed by atoms with E-state index in [1.165, 1.54) is 18.2 Å². The summed E-state index contributed by atoms with van der Waals surface area (Å²) in [6, 6.07) is 17.0. The van der Waals surface area contributed by atoms with E-state index in [0.717, 1.165) is 34.9 Å². The molecule has 2 heterocycles. The number of carbonyl (C=O) groups excluding carboxylic acids is 1. The van der Waals surface area contributed by atoms with Crippen LogP contribution in [-0.4, -0.2) is 52.5 Å². The average Bonchev–Trinajstić information content (AvgIpc) is 3.46. The van der Waals surface area contributed by atoms with Crippen molar-refractivity contribution < 1.29 is 32.2 Å². The molecule has 1 amide bonds. The van der Waals surface area contributed by atoms with Crippen LogP contribution < -0.4 is 10.6 Å². The smallest absolute Gasteiger partial charge is 0.416 e. The summed E-state index contributed by atoms with van der Waals surface area (Å²) in [4.78, 5) is 27.2. The van der Waals surface area contributed by atoms with Gasteiger partial charge in [-0.1, -0.05) is 18.2 Å². The zero-order valence-electron chi connectivity index (χ0n) is 23.1. The predicted molar refractivity (Wildman–Crippen MR) is 152 cm³/mol. The first-order valence-corrected chi connectivity index (χ1v) is 14.3. The van der Waals surface area contributed by atoms with Crippen LogP contribution in [0.3, 0.4) is 0 Å². The summed E-state index contributed by atoms with van der Waals surface area (Å²) in [6.07, 6.45) is 2.11. The molecule has 0 saturated heterocycles. The van der Waals surface area contributed by atoms with Gasteiger partial charge in [-0.25, -0.2) is 27.3 Å². The molecule has 0 bridgehead atoms. The number of pyridine rings is 1. The van der Waals surface area contributed by atoms with Crippen molar-refractivity contribution in [3.63, 3.8) is 0 Å². The molecule has 0 aliphatic carbocycles. The van der Waals surface area contributed by atoms with E-state index in [0.29, 0.717) is 5.56 Å². The lowest BCUT2D eigenvalue weighted by atomic mass is 10.0. The maximum atomic E-state index is 14.1. The summed E-state index contributed by atoms with van der Waals surface area (Å²) in [5.74, 6) is -2.15. The minimum absolute atomic E-state index is 0.167. The van der Waals surface area contributed by atoms with Crippen LogP contribution in [0.1, 0.15) is 32.0 Å². The third-order valence-electron chi connectivity index (χ3n) is 6.13. The van der Waals surface area contributed by atoms with Gasteiger partial charge in [-0.15, -0.1) is 0 Å². The zero-order chi connectivity index (χ0) is 30.7. The monoisotopic (exact) mass is 595 g/mol. The van der Waals surface area contributed by atoms with Gasteiger partial charge in [0.25, 0.3) is 0 Å². The van der Waals surface area contributed by atoms with Crippen molar-refractivity contribution >= 4 is 27.7 Å². The van der Waals surface area contributed by atoms with Gasteiger partial charge in [-0.05, 0) is 80.9 Å². The van der Waals surface area contributed by atoms with Crippen LogP contribution in [0.25, 0.3) is 5.69 Å². The number of amides is 1. The standard InChI is InChI=1S/C29H30FN5O6S/c1-28(2,3)41-27(38)34(19-26(36)37)25-7-4-6-24(33-25)29(31,42(39,40)23-14-10-21(30)11-15-23)18-20-8-12-22(13-9-20)35-17-5-16-32-35/h4-17H,18-19,31H2,1-3H3,(H,36,37). The molecule has 4 aromatic rings. The van der Waals surface area contributed by atoms with Crippen LogP contribution in [0, 0.1) is 5.82 Å². The quantitative estimate of drug-likeness (QED) is 0.272. The maximum absolute atomic E-state index is 14.1. The Balaban J connectivity index is 1.82. The van der Waals surface area contributed by atoms with E-state index >= 15 is 0 Å². The molecule has 0 spiro atoms. The Morgan fingerprint density at radius 1 is 1.02 bits per heavy atom. The van der Waals surface area contributed by atoms with E-state index in [-0.39, 0.29) is 22.8 Å². The van der Waals surface area contributed by atoms with Crippen LogP contribution in [0.2, 0.25) is 0 Å². The highest BCUT2D eigenvalue weighted by Crippen LogP contribution is 2.35. The van der Waals surface area contributed by atoms with Crippen molar-refractivity contribution in [3.05, 3.63) is 102 Å².